The molecule has 21 heavy (non-hydrogen) atoms. The van der Waals surface area contributed by atoms with Crippen molar-refractivity contribution in [3.8, 4) is 11.8 Å². The third kappa shape index (κ3) is 6.18. The Labute approximate surface area is 129 Å². The van der Waals surface area contributed by atoms with Gasteiger partial charge < -0.3 is 4.74 Å². The molecule has 0 saturated heterocycles. The zero-order valence-corrected chi connectivity index (χ0v) is 13.8. The van der Waals surface area contributed by atoms with Crippen molar-refractivity contribution in [2.24, 2.45) is 0 Å². The highest BCUT2D eigenvalue weighted by atomic mass is 16.5. The van der Waals surface area contributed by atoms with Crippen molar-refractivity contribution in [3.63, 3.8) is 0 Å². The fourth-order valence-corrected chi connectivity index (χ4v) is 2.29. The molecular formula is C18H28N2O. The van der Waals surface area contributed by atoms with E-state index >= 15 is 0 Å². The number of unbranched alkanes of at least 4 members (excludes halogenated alkanes) is 1. The quantitative estimate of drug-likeness (QED) is 0.691. The highest BCUT2D eigenvalue weighted by Crippen LogP contribution is 2.19. The molecule has 1 aromatic rings. The van der Waals surface area contributed by atoms with Gasteiger partial charge in [-0.3, -0.25) is 5.32 Å². The number of ether oxygens (including phenoxy) is 1. The largest absolute Gasteiger partial charge is 0.494 e. The van der Waals surface area contributed by atoms with Crippen LogP contribution in [-0.4, -0.2) is 18.7 Å². The van der Waals surface area contributed by atoms with Crippen LogP contribution in [0.4, 0.5) is 0 Å². The van der Waals surface area contributed by atoms with Gasteiger partial charge in [0, 0.05) is 0 Å². The number of rotatable bonds is 9. The molecule has 0 aliphatic rings. The van der Waals surface area contributed by atoms with Gasteiger partial charge in [0.05, 0.1) is 12.7 Å². The Kier molecular flexibility index (Phi) is 7.25. The summed E-state index contributed by atoms with van der Waals surface area (Å²) in [4.78, 5) is 0. The standard InChI is InChI=1S/C18H28N2O/c1-5-20-18(4,14-19)12-6-7-13-21-17-10-8-16(9-11-17)15(2)3/h8-11,15,20H,5-7,12-13H2,1-4H3. The van der Waals surface area contributed by atoms with E-state index in [4.69, 9.17) is 4.74 Å². The summed E-state index contributed by atoms with van der Waals surface area (Å²) in [7, 11) is 0. The van der Waals surface area contributed by atoms with Crippen molar-refractivity contribution in [3.05, 3.63) is 29.8 Å². The summed E-state index contributed by atoms with van der Waals surface area (Å²) in [5.74, 6) is 1.47. The second-order valence-electron chi connectivity index (χ2n) is 6.00. The molecule has 0 spiro atoms. The van der Waals surface area contributed by atoms with Gasteiger partial charge in [0.2, 0.25) is 0 Å². The second kappa shape index (κ2) is 8.69. The topological polar surface area (TPSA) is 45.0 Å². The molecule has 0 saturated carbocycles. The van der Waals surface area contributed by atoms with Gasteiger partial charge >= 0.3 is 0 Å². The monoisotopic (exact) mass is 288 g/mol. The minimum atomic E-state index is -0.409. The van der Waals surface area contributed by atoms with E-state index in [9.17, 15) is 5.26 Å². The van der Waals surface area contributed by atoms with E-state index < -0.39 is 5.54 Å². The molecule has 1 rings (SSSR count). The molecule has 0 bridgehead atoms. The maximum Gasteiger partial charge on any atom is 0.119 e. The van der Waals surface area contributed by atoms with Crippen molar-refractivity contribution >= 4 is 0 Å². The summed E-state index contributed by atoms with van der Waals surface area (Å²) >= 11 is 0. The molecule has 1 unspecified atom stereocenters. The predicted octanol–water partition coefficient (Wildman–Crippen LogP) is 4.25. The first-order valence-corrected chi connectivity index (χ1v) is 7.90. The smallest absolute Gasteiger partial charge is 0.119 e. The third-order valence-electron chi connectivity index (χ3n) is 3.70. The first-order valence-electron chi connectivity index (χ1n) is 7.90. The van der Waals surface area contributed by atoms with Gasteiger partial charge in [0.25, 0.3) is 0 Å². The van der Waals surface area contributed by atoms with Crippen LogP contribution in [0.25, 0.3) is 0 Å². The maximum atomic E-state index is 9.18. The Morgan fingerprint density at radius 3 is 2.43 bits per heavy atom. The van der Waals surface area contributed by atoms with Gasteiger partial charge in [-0.1, -0.05) is 32.9 Å². The summed E-state index contributed by atoms with van der Waals surface area (Å²) < 4.78 is 5.75. The van der Waals surface area contributed by atoms with Crippen LogP contribution in [0.5, 0.6) is 5.75 Å². The maximum absolute atomic E-state index is 9.18. The van der Waals surface area contributed by atoms with E-state index in [0.29, 0.717) is 12.5 Å². The fraction of sp³-hybridized carbons (Fsp3) is 0.611. The molecule has 0 heterocycles. The van der Waals surface area contributed by atoms with Crippen molar-refractivity contribution in [1.29, 1.82) is 5.26 Å². The van der Waals surface area contributed by atoms with Crippen LogP contribution in [0.2, 0.25) is 0 Å². The predicted molar refractivity (Wildman–Crippen MR) is 87.6 cm³/mol. The Bertz CT molecular complexity index is 447. The average Bonchev–Trinajstić information content (AvgIpc) is 2.47. The number of nitrogens with zero attached hydrogens (tertiary/aromatic N) is 1. The molecule has 1 aromatic carbocycles. The molecule has 116 valence electrons. The summed E-state index contributed by atoms with van der Waals surface area (Å²) in [6.07, 6.45) is 2.81. The van der Waals surface area contributed by atoms with Crippen LogP contribution in [0.1, 0.15) is 58.4 Å². The van der Waals surface area contributed by atoms with E-state index in [0.717, 1.165) is 31.6 Å². The van der Waals surface area contributed by atoms with Crippen molar-refractivity contribution in [2.75, 3.05) is 13.2 Å². The normalized spacial score (nSPS) is 13.7. The van der Waals surface area contributed by atoms with Crippen molar-refractivity contribution in [1.82, 2.24) is 5.32 Å². The highest BCUT2D eigenvalue weighted by Gasteiger charge is 2.21. The first-order chi connectivity index (χ1) is 10.0. The fourth-order valence-electron chi connectivity index (χ4n) is 2.29. The lowest BCUT2D eigenvalue weighted by atomic mass is 9.97. The Morgan fingerprint density at radius 2 is 1.90 bits per heavy atom. The number of benzene rings is 1. The average molecular weight is 288 g/mol. The molecule has 1 N–H and O–H groups in total. The lowest BCUT2D eigenvalue weighted by molar-refractivity contribution is 0.296. The Balaban J connectivity index is 2.27. The number of hydrogen-bond donors (Lipinski definition) is 1. The summed E-state index contributed by atoms with van der Waals surface area (Å²) in [5.41, 5.74) is 0.922. The van der Waals surface area contributed by atoms with Gasteiger partial charge in [-0.2, -0.15) is 5.26 Å². The number of hydrogen-bond acceptors (Lipinski definition) is 3. The minimum absolute atomic E-state index is 0.409. The van der Waals surface area contributed by atoms with Crippen LogP contribution in [-0.2, 0) is 0 Å². The van der Waals surface area contributed by atoms with Gasteiger partial charge in [0.15, 0.2) is 0 Å². The first kappa shape index (κ1) is 17.5. The molecule has 0 amide bonds. The van der Waals surface area contributed by atoms with E-state index in [1.165, 1.54) is 5.56 Å². The lowest BCUT2D eigenvalue weighted by Gasteiger charge is -2.22. The zero-order chi connectivity index (χ0) is 15.7. The molecule has 0 fully saturated rings. The van der Waals surface area contributed by atoms with E-state index in [1.807, 2.05) is 26.0 Å². The zero-order valence-electron chi connectivity index (χ0n) is 13.8. The SMILES string of the molecule is CCNC(C)(C#N)CCCCOc1ccc(C(C)C)cc1. The molecule has 3 nitrogen and oxygen atoms in total. The summed E-state index contributed by atoms with van der Waals surface area (Å²) in [6, 6.07) is 10.7. The van der Waals surface area contributed by atoms with Crippen molar-refractivity contribution < 1.29 is 4.74 Å². The van der Waals surface area contributed by atoms with E-state index in [2.05, 4.69) is 37.4 Å². The molecule has 0 aliphatic heterocycles. The van der Waals surface area contributed by atoms with Gasteiger partial charge in [-0.25, -0.2) is 0 Å². The van der Waals surface area contributed by atoms with Crippen molar-refractivity contribution in [2.45, 2.75) is 58.4 Å². The van der Waals surface area contributed by atoms with Crippen LogP contribution in [0, 0.1) is 11.3 Å². The van der Waals surface area contributed by atoms with Gasteiger partial charge in [-0.15, -0.1) is 0 Å². The Morgan fingerprint density at radius 1 is 1.24 bits per heavy atom. The van der Waals surface area contributed by atoms with E-state index in [-0.39, 0.29) is 0 Å². The molecular weight excluding hydrogens is 260 g/mol. The Hall–Kier alpha value is -1.53. The van der Waals surface area contributed by atoms with Gasteiger partial charge in [0.1, 0.15) is 11.3 Å². The van der Waals surface area contributed by atoms with Crippen LogP contribution >= 0.6 is 0 Å². The molecule has 0 aromatic heterocycles. The minimum Gasteiger partial charge on any atom is -0.494 e. The lowest BCUT2D eigenvalue weighted by Crippen LogP contribution is -2.40. The van der Waals surface area contributed by atoms with Crippen LogP contribution in [0.3, 0.4) is 0 Å². The van der Waals surface area contributed by atoms with Crippen LogP contribution in [0.15, 0.2) is 24.3 Å². The molecule has 0 radical (unpaired) electrons. The molecule has 0 aliphatic carbocycles. The molecule has 3 heteroatoms. The van der Waals surface area contributed by atoms with Gasteiger partial charge in [-0.05, 0) is 56.3 Å². The highest BCUT2D eigenvalue weighted by molar-refractivity contribution is 5.28. The molecule has 1 atom stereocenters. The second-order valence-corrected chi connectivity index (χ2v) is 6.00. The summed E-state index contributed by atoms with van der Waals surface area (Å²) in [6.45, 7) is 9.89. The van der Waals surface area contributed by atoms with Crippen LogP contribution < -0.4 is 10.1 Å². The number of nitrogens with one attached hydrogen (secondary N) is 1. The summed E-state index contributed by atoms with van der Waals surface area (Å²) in [5, 5.41) is 12.4. The third-order valence-corrected chi connectivity index (χ3v) is 3.70. The number of nitriles is 1. The van der Waals surface area contributed by atoms with E-state index in [1.54, 1.807) is 0 Å².